The standard InChI is InChI=1S/C22H21N3O3S2/c1-25(30(27,28)17-11-10-15-6-2-3-7-16(15)12-17)14-21(26)24-22-19(13-23)18-8-4-5-9-20(18)29-22/h2-3,6-7,10-12H,4-5,8-9,14H2,1H3,(H,24,26). The van der Waals surface area contributed by atoms with Gasteiger partial charge in [-0.3, -0.25) is 4.79 Å². The highest BCUT2D eigenvalue weighted by Crippen LogP contribution is 2.37. The van der Waals surface area contributed by atoms with Crippen molar-refractivity contribution in [3.63, 3.8) is 0 Å². The third-order valence-electron chi connectivity index (χ3n) is 5.33. The molecular weight excluding hydrogens is 418 g/mol. The van der Waals surface area contributed by atoms with Crippen molar-refractivity contribution in [1.82, 2.24) is 4.31 Å². The normalized spacial score (nSPS) is 13.8. The second kappa shape index (κ2) is 8.19. The van der Waals surface area contributed by atoms with Crippen molar-refractivity contribution in [2.24, 2.45) is 0 Å². The van der Waals surface area contributed by atoms with Crippen LogP contribution < -0.4 is 5.32 Å². The fourth-order valence-electron chi connectivity index (χ4n) is 3.73. The zero-order chi connectivity index (χ0) is 21.3. The molecule has 2 aromatic carbocycles. The van der Waals surface area contributed by atoms with E-state index in [2.05, 4.69) is 11.4 Å². The summed E-state index contributed by atoms with van der Waals surface area (Å²) in [6.07, 6.45) is 3.89. The summed E-state index contributed by atoms with van der Waals surface area (Å²) in [6.45, 7) is -0.331. The summed E-state index contributed by atoms with van der Waals surface area (Å²) in [5.41, 5.74) is 1.55. The molecule has 3 aromatic rings. The molecule has 0 aliphatic heterocycles. The Bertz CT molecular complexity index is 1270. The number of hydrogen-bond donors (Lipinski definition) is 1. The van der Waals surface area contributed by atoms with Crippen LogP contribution in [0.25, 0.3) is 10.8 Å². The van der Waals surface area contributed by atoms with Crippen molar-refractivity contribution in [1.29, 1.82) is 5.26 Å². The number of benzene rings is 2. The highest BCUT2D eigenvalue weighted by atomic mass is 32.2. The van der Waals surface area contributed by atoms with Crippen molar-refractivity contribution in [3.05, 3.63) is 58.5 Å². The maximum atomic E-state index is 12.9. The molecule has 30 heavy (non-hydrogen) atoms. The van der Waals surface area contributed by atoms with E-state index in [-0.39, 0.29) is 11.4 Å². The number of anilines is 1. The van der Waals surface area contributed by atoms with E-state index in [0.717, 1.165) is 51.2 Å². The molecule has 154 valence electrons. The molecule has 0 spiro atoms. The number of nitrogens with zero attached hydrogens (tertiary/aromatic N) is 2. The van der Waals surface area contributed by atoms with Crippen LogP contribution in [0, 0.1) is 11.3 Å². The lowest BCUT2D eigenvalue weighted by Gasteiger charge is -2.17. The van der Waals surface area contributed by atoms with Crippen LogP contribution in [0.15, 0.2) is 47.4 Å². The van der Waals surface area contributed by atoms with Gasteiger partial charge in [-0.2, -0.15) is 9.57 Å². The number of thiophene rings is 1. The van der Waals surface area contributed by atoms with Gasteiger partial charge < -0.3 is 5.32 Å². The molecule has 1 aromatic heterocycles. The number of carbonyl (C=O) groups is 1. The molecule has 1 N–H and O–H groups in total. The number of nitriles is 1. The molecule has 0 unspecified atom stereocenters. The first-order valence-electron chi connectivity index (χ1n) is 9.70. The second-order valence-corrected chi connectivity index (χ2v) is 10.5. The monoisotopic (exact) mass is 439 g/mol. The van der Waals surface area contributed by atoms with E-state index < -0.39 is 15.9 Å². The summed E-state index contributed by atoms with van der Waals surface area (Å²) in [5, 5.41) is 14.6. The van der Waals surface area contributed by atoms with Crippen LogP contribution in [0.5, 0.6) is 0 Å². The molecule has 1 heterocycles. The number of likely N-dealkylation sites (N-methyl/N-ethyl adjacent to an activating group) is 1. The van der Waals surface area contributed by atoms with Gasteiger partial charge in [0.05, 0.1) is 17.0 Å². The number of rotatable bonds is 5. The van der Waals surface area contributed by atoms with Crippen LogP contribution in [-0.4, -0.2) is 32.2 Å². The molecule has 8 heteroatoms. The molecule has 1 aliphatic rings. The highest BCUT2D eigenvalue weighted by Gasteiger charge is 2.25. The number of hydrogen-bond acceptors (Lipinski definition) is 5. The molecule has 1 amide bonds. The Morgan fingerprint density at radius 2 is 1.90 bits per heavy atom. The van der Waals surface area contributed by atoms with Crippen molar-refractivity contribution >= 4 is 43.0 Å². The lowest BCUT2D eigenvalue weighted by atomic mass is 9.96. The third kappa shape index (κ3) is 3.84. The van der Waals surface area contributed by atoms with Crippen molar-refractivity contribution in [3.8, 4) is 6.07 Å². The first-order valence-corrected chi connectivity index (χ1v) is 12.0. The Morgan fingerprint density at radius 3 is 2.67 bits per heavy atom. The van der Waals surface area contributed by atoms with Crippen molar-refractivity contribution in [2.75, 3.05) is 18.9 Å². The van der Waals surface area contributed by atoms with Gasteiger partial charge in [0, 0.05) is 11.9 Å². The summed E-state index contributed by atoms with van der Waals surface area (Å²) in [6, 6.07) is 14.6. The van der Waals surface area contributed by atoms with Crippen molar-refractivity contribution < 1.29 is 13.2 Å². The van der Waals surface area contributed by atoms with Crippen LogP contribution >= 0.6 is 11.3 Å². The minimum atomic E-state index is -3.82. The lowest BCUT2D eigenvalue weighted by Crippen LogP contribution is -2.34. The van der Waals surface area contributed by atoms with Crippen LogP contribution in [0.4, 0.5) is 5.00 Å². The summed E-state index contributed by atoms with van der Waals surface area (Å²) >= 11 is 1.42. The number of aryl methyl sites for hydroxylation is 1. The molecule has 0 atom stereocenters. The quantitative estimate of drug-likeness (QED) is 0.653. The molecule has 0 fully saturated rings. The molecule has 0 saturated carbocycles. The summed E-state index contributed by atoms with van der Waals surface area (Å²) < 4.78 is 26.9. The number of fused-ring (bicyclic) bond motifs is 2. The first-order chi connectivity index (χ1) is 14.4. The van der Waals surface area contributed by atoms with E-state index in [1.807, 2.05) is 24.3 Å². The van der Waals surface area contributed by atoms with Crippen LogP contribution in [0.1, 0.15) is 28.8 Å². The maximum absolute atomic E-state index is 12.9. The maximum Gasteiger partial charge on any atom is 0.243 e. The van der Waals surface area contributed by atoms with Gasteiger partial charge in [0.25, 0.3) is 0 Å². The van der Waals surface area contributed by atoms with E-state index in [9.17, 15) is 18.5 Å². The lowest BCUT2D eigenvalue weighted by molar-refractivity contribution is -0.116. The predicted molar refractivity (Wildman–Crippen MR) is 118 cm³/mol. The van der Waals surface area contributed by atoms with Crippen molar-refractivity contribution in [2.45, 2.75) is 30.6 Å². The van der Waals surface area contributed by atoms with Gasteiger partial charge in [-0.25, -0.2) is 8.42 Å². The van der Waals surface area contributed by atoms with Gasteiger partial charge in [-0.05, 0) is 54.2 Å². The van der Waals surface area contributed by atoms with Crippen LogP contribution in [0.3, 0.4) is 0 Å². The van der Waals surface area contributed by atoms with E-state index >= 15 is 0 Å². The summed E-state index contributed by atoms with van der Waals surface area (Å²) in [5.74, 6) is -0.461. The molecular formula is C22H21N3O3S2. The Labute approximate surface area is 179 Å². The van der Waals surface area contributed by atoms with Crippen LogP contribution in [-0.2, 0) is 27.7 Å². The number of carbonyl (C=O) groups excluding carboxylic acids is 1. The van der Waals surface area contributed by atoms with Gasteiger partial charge in [-0.15, -0.1) is 11.3 Å². The average molecular weight is 440 g/mol. The number of sulfonamides is 1. The Morgan fingerprint density at radius 1 is 1.17 bits per heavy atom. The smallest absolute Gasteiger partial charge is 0.243 e. The predicted octanol–water partition coefficient (Wildman–Crippen LogP) is 3.91. The van der Waals surface area contributed by atoms with E-state index in [4.69, 9.17) is 0 Å². The molecule has 0 saturated heterocycles. The molecule has 6 nitrogen and oxygen atoms in total. The molecule has 1 aliphatic carbocycles. The fraction of sp³-hybridized carbons (Fsp3) is 0.273. The van der Waals surface area contributed by atoms with Gasteiger partial charge >= 0.3 is 0 Å². The summed E-state index contributed by atoms with van der Waals surface area (Å²) in [7, 11) is -2.44. The summed E-state index contributed by atoms with van der Waals surface area (Å²) in [4.78, 5) is 13.9. The Kier molecular flexibility index (Phi) is 5.60. The van der Waals surface area contributed by atoms with E-state index in [0.29, 0.717) is 10.6 Å². The zero-order valence-electron chi connectivity index (χ0n) is 16.5. The third-order valence-corrected chi connectivity index (χ3v) is 8.34. The first kappa shape index (κ1) is 20.5. The topological polar surface area (TPSA) is 90.3 Å². The SMILES string of the molecule is CN(CC(=O)Nc1sc2c(c1C#N)CCCC2)S(=O)(=O)c1ccc2ccccc2c1. The number of nitrogens with one attached hydrogen (secondary N) is 1. The molecule has 0 radical (unpaired) electrons. The largest absolute Gasteiger partial charge is 0.315 e. The molecule has 0 bridgehead atoms. The Hall–Kier alpha value is -2.73. The zero-order valence-corrected chi connectivity index (χ0v) is 18.1. The second-order valence-electron chi connectivity index (χ2n) is 7.35. The van der Waals surface area contributed by atoms with Gasteiger partial charge in [0.1, 0.15) is 11.1 Å². The van der Waals surface area contributed by atoms with Gasteiger partial charge in [0.15, 0.2) is 0 Å². The fourth-order valence-corrected chi connectivity index (χ4v) is 6.15. The minimum Gasteiger partial charge on any atom is -0.315 e. The average Bonchev–Trinajstić information content (AvgIpc) is 3.09. The minimum absolute atomic E-state index is 0.140. The van der Waals surface area contributed by atoms with E-state index in [1.54, 1.807) is 18.2 Å². The highest BCUT2D eigenvalue weighted by molar-refractivity contribution is 7.89. The van der Waals surface area contributed by atoms with Gasteiger partial charge in [-0.1, -0.05) is 30.3 Å². The Balaban J connectivity index is 1.51. The van der Waals surface area contributed by atoms with E-state index in [1.165, 1.54) is 18.4 Å². The molecule has 4 rings (SSSR count). The number of amides is 1. The van der Waals surface area contributed by atoms with Crippen LogP contribution in [0.2, 0.25) is 0 Å². The van der Waals surface area contributed by atoms with Gasteiger partial charge in [0.2, 0.25) is 15.9 Å².